The highest BCUT2D eigenvalue weighted by Gasteiger charge is 2.30. The van der Waals surface area contributed by atoms with E-state index in [2.05, 4.69) is 36.5 Å². The predicted molar refractivity (Wildman–Crippen MR) is 79.4 cm³/mol. The minimum Gasteiger partial charge on any atom is -0.480 e. The maximum Gasteiger partial charge on any atom is 0.321 e. The first-order valence-corrected chi connectivity index (χ1v) is 7.95. The van der Waals surface area contributed by atoms with Crippen LogP contribution in [-0.2, 0) is 11.2 Å². The Balaban J connectivity index is 1.90. The van der Waals surface area contributed by atoms with Crippen LogP contribution in [0.15, 0.2) is 24.3 Å². The van der Waals surface area contributed by atoms with Gasteiger partial charge in [0.25, 0.3) is 0 Å². The summed E-state index contributed by atoms with van der Waals surface area (Å²) in [4.78, 5) is 10.9. The van der Waals surface area contributed by atoms with Gasteiger partial charge in [0.15, 0.2) is 0 Å². The molecule has 2 N–H and O–H groups in total. The summed E-state index contributed by atoms with van der Waals surface area (Å²) in [6.45, 7) is 2.21. The smallest absolute Gasteiger partial charge is 0.321 e. The van der Waals surface area contributed by atoms with Gasteiger partial charge in [0.1, 0.15) is 6.04 Å². The lowest BCUT2D eigenvalue weighted by molar-refractivity contribution is -0.138. The summed E-state index contributed by atoms with van der Waals surface area (Å²) in [5.74, 6) is -0.121. The first kappa shape index (κ1) is 14.4. The number of hydrogen-bond acceptors (Lipinski definition) is 3. The molecule has 1 heterocycles. The van der Waals surface area contributed by atoms with Gasteiger partial charge in [-0.3, -0.25) is 10.1 Å². The maximum atomic E-state index is 10.9. The van der Waals surface area contributed by atoms with Crippen molar-refractivity contribution in [3.8, 4) is 0 Å². The Bertz CT molecular complexity index is 419. The number of benzene rings is 1. The topological polar surface area (TPSA) is 49.3 Å². The molecular formula is C15H21NO2S. The minimum atomic E-state index is -0.758. The van der Waals surface area contributed by atoms with Gasteiger partial charge in [-0.05, 0) is 24.0 Å². The highest BCUT2D eigenvalue weighted by Crippen LogP contribution is 2.32. The number of aryl methyl sites for hydroxylation is 1. The summed E-state index contributed by atoms with van der Waals surface area (Å²) in [7, 11) is 0. The molecule has 0 aromatic heterocycles. The van der Waals surface area contributed by atoms with Crippen molar-refractivity contribution < 1.29 is 9.90 Å². The Morgan fingerprint density at radius 2 is 2.11 bits per heavy atom. The lowest BCUT2D eigenvalue weighted by Crippen LogP contribution is -2.33. The third-order valence-electron chi connectivity index (χ3n) is 3.43. The highest BCUT2D eigenvalue weighted by atomic mass is 32.2. The van der Waals surface area contributed by atoms with Crippen molar-refractivity contribution in [2.75, 3.05) is 5.75 Å². The van der Waals surface area contributed by atoms with Gasteiger partial charge in [0.2, 0.25) is 0 Å². The van der Waals surface area contributed by atoms with E-state index in [9.17, 15) is 4.79 Å². The van der Waals surface area contributed by atoms with Crippen molar-refractivity contribution in [2.24, 2.45) is 0 Å². The molecule has 0 bridgehead atoms. The van der Waals surface area contributed by atoms with E-state index in [0.29, 0.717) is 5.75 Å². The van der Waals surface area contributed by atoms with Crippen LogP contribution in [0.2, 0.25) is 0 Å². The third-order valence-corrected chi connectivity index (χ3v) is 4.70. The minimum absolute atomic E-state index is 0.116. The van der Waals surface area contributed by atoms with E-state index in [0.717, 1.165) is 6.42 Å². The SMILES string of the molecule is CCCCCc1ccc([C@@H]2N[C@H](C(=O)O)CS2)cc1. The molecule has 3 nitrogen and oxygen atoms in total. The number of thioether (sulfide) groups is 1. The molecule has 104 valence electrons. The molecule has 0 aliphatic carbocycles. The standard InChI is InChI=1S/C15H21NO2S/c1-2-3-4-5-11-6-8-12(9-7-11)14-16-13(10-19-14)15(17)18/h6-9,13-14,16H,2-5,10H2,1H3,(H,17,18)/t13-,14+/m0/s1. The maximum absolute atomic E-state index is 10.9. The fourth-order valence-corrected chi connectivity index (χ4v) is 3.48. The number of carbonyl (C=O) groups is 1. The lowest BCUT2D eigenvalue weighted by atomic mass is 10.1. The quantitative estimate of drug-likeness (QED) is 0.785. The predicted octanol–water partition coefficient (Wildman–Crippen LogP) is 3.21. The van der Waals surface area contributed by atoms with Crippen LogP contribution in [0, 0.1) is 0 Å². The van der Waals surface area contributed by atoms with Crippen molar-refractivity contribution in [3.63, 3.8) is 0 Å². The molecule has 2 atom stereocenters. The van der Waals surface area contributed by atoms with E-state index >= 15 is 0 Å². The number of rotatable bonds is 6. The molecular weight excluding hydrogens is 258 g/mol. The Morgan fingerprint density at radius 3 is 2.68 bits per heavy atom. The van der Waals surface area contributed by atoms with Gasteiger partial charge in [0.05, 0.1) is 5.37 Å². The lowest BCUT2D eigenvalue weighted by Gasteiger charge is -2.12. The van der Waals surface area contributed by atoms with Crippen LogP contribution in [-0.4, -0.2) is 22.9 Å². The fourth-order valence-electron chi connectivity index (χ4n) is 2.24. The molecule has 0 radical (unpaired) electrons. The summed E-state index contributed by atoms with van der Waals surface area (Å²) >= 11 is 1.67. The molecule has 0 saturated carbocycles. The summed E-state index contributed by atoms with van der Waals surface area (Å²) in [6.07, 6.45) is 4.91. The molecule has 1 aromatic rings. The number of carboxylic acids is 1. The Kier molecular flexibility index (Phi) is 5.28. The zero-order valence-electron chi connectivity index (χ0n) is 11.3. The van der Waals surface area contributed by atoms with Gasteiger partial charge < -0.3 is 5.11 Å². The van der Waals surface area contributed by atoms with Crippen LogP contribution in [0.3, 0.4) is 0 Å². The largest absolute Gasteiger partial charge is 0.480 e. The summed E-state index contributed by atoms with van der Waals surface area (Å²) in [5, 5.41) is 12.2. The molecule has 0 spiro atoms. The van der Waals surface area contributed by atoms with E-state index in [1.54, 1.807) is 11.8 Å². The Hall–Kier alpha value is -1.00. The molecule has 1 aliphatic heterocycles. The van der Waals surface area contributed by atoms with Gasteiger partial charge >= 0.3 is 5.97 Å². The van der Waals surface area contributed by atoms with E-state index in [1.807, 2.05) is 0 Å². The molecule has 4 heteroatoms. The molecule has 19 heavy (non-hydrogen) atoms. The average molecular weight is 279 g/mol. The van der Waals surface area contributed by atoms with Crippen molar-refractivity contribution in [2.45, 2.75) is 44.0 Å². The van der Waals surface area contributed by atoms with Crippen molar-refractivity contribution in [1.29, 1.82) is 0 Å². The molecule has 0 unspecified atom stereocenters. The zero-order chi connectivity index (χ0) is 13.7. The van der Waals surface area contributed by atoms with E-state index in [1.165, 1.54) is 30.4 Å². The van der Waals surface area contributed by atoms with Crippen molar-refractivity contribution in [1.82, 2.24) is 5.32 Å². The van der Waals surface area contributed by atoms with E-state index < -0.39 is 12.0 Å². The number of hydrogen-bond donors (Lipinski definition) is 2. The number of aliphatic carboxylic acids is 1. The van der Waals surface area contributed by atoms with Gasteiger partial charge in [0, 0.05) is 5.75 Å². The average Bonchev–Trinajstić information content (AvgIpc) is 2.90. The monoisotopic (exact) mass is 279 g/mol. The van der Waals surface area contributed by atoms with Gasteiger partial charge in [-0.25, -0.2) is 0 Å². The summed E-state index contributed by atoms with van der Waals surface area (Å²) < 4.78 is 0. The molecule has 2 rings (SSSR count). The second-order valence-corrected chi connectivity index (χ2v) is 6.11. The van der Waals surface area contributed by atoms with Crippen LogP contribution >= 0.6 is 11.8 Å². The molecule has 1 fully saturated rings. The van der Waals surface area contributed by atoms with E-state index in [4.69, 9.17) is 5.11 Å². The molecule has 1 saturated heterocycles. The normalized spacial score (nSPS) is 22.6. The van der Waals surface area contributed by atoms with Gasteiger partial charge in [-0.1, -0.05) is 44.0 Å². The second kappa shape index (κ2) is 6.96. The number of carboxylic acid groups (broad SMARTS) is 1. The third kappa shape index (κ3) is 3.98. The second-order valence-electron chi connectivity index (χ2n) is 4.97. The fraction of sp³-hybridized carbons (Fsp3) is 0.533. The van der Waals surface area contributed by atoms with Crippen LogP contribution in [0.25, 0.3) is 0 Å². The van der Waals surface area contributed by atoms with Crippen LogP contribution < -0.4 is 5.32 Å². The summed E-state index contributed by atoms with van der Waals surface area (Å²) in [6, 6.07) is 8.16. The van der Waals surface area contributed by atoms with Gasteiger partial charge in [-0.15, -0.1) is 11.8 Å². The molecule has 1 aliphatic rings. The first-order chi connectivity index (χ1) is 9.20. The number of unbranched alkanes of at least 4 members (excludes halogenated alkanes) is 2. The Morgan fingerprint density at radius 1 is 1.37 bits per heavy atom. The van der Waals surface area contributed by atoms with E-state index in [-0.39, 0.29) is 5.37 Å². The first-order valence-electron chi connectivity index (χ1n) is 6.90. The van der Waals surface area contributed by atoms with Crippen molar-refractivity contribution >= 4 is 17.7 Å². The molecule has 1 aromatic carbocycles. The van der Waals surface area contributed by atoms with Crippen LogP contribution in [0.5, 0.6) is 0 Å². The highest BCUT2D eigenvalue weighted by molar-refractivity contribution is 7.99. The van der Waals surface area contributed by atoms with Gasteiger partial charge in [-0.2, -0.15) is 0 Å². The van der Waals surface area contributed by atoms with Crippen LogP contribution in [0.4, 0.5) is 0 Å². The Labute approximate surface area is 118 Å². The summed E-state index contributed by atoms with van der Waals surface area (Å²) in [5.41, 5.74) is 2.54. The number of nitrogens with one attached hydrogen (secondary N) is 1. The van der Waals surface area contributed by atoms with Crippen molar-refractivity contribution in [3.05, 3.63) is 35.4 Å². The molecule has 0 amide bonds. The van der Waals surface area contributed by atoms with Crippen LogP contribution in [0.1, 0.15) is 42.7 Å². The zero-order valence-corrected chi connectivity index (χ0v) is 12.1.